The van der Waals surface area contributed by atoms with Gasteiger partial charge in [-0.1, -0.05) is 36.4 Å². The van der Waals surface area contributed by atoms with Gasteiger partial charge in [0.1, 0.15) is 5.75 Å². The molecule has 176 valence electrons. The van der Waals surface area contributed by atoms with Gasteiger partial charge in [0, 0.05) is 30.8 Å². The molecule has 0 bridgehead atoms. The fraction of sp³-hybridized carbons (Fsp3) is 0.292. The molecule has 2 fully saturated rings. The monoisotopic (exact) mass is 470 g/mol. The molecule has 1 N–H and O–H groups in total. The third-order valence-corrected chi connectivity index (χ3v) is 5.92. The topological polar surface area (TPSA) is 80.2 Å². The Morgan fingerprint density at radius 3 is 2.26 bits per heavy atom. The van der Waals surface area contributed by atoms with E-state index < -0.39 is 6.36 Å². The summed E-state index contributed by atoms with van der Waals surface area (Å²) in [7, 11) is 0. The fourth-order valence-corrected chi connectivity index (χ4v) is 4.04. The van der Waals surface area contributed by atoms with E-state index in [1.165, 1.54) is 16.7 Å². The quantitative estimate of drug-likeness (QED) is 0.604. The maximum atomic E-state index is 12.4. The second-order valence-electron chi connectivity index (χ2n) is 8.44. The predicted molar refractivity (Wildman–Crippen MR) is 119 cm³/mol. The molecule has 0 radical (unpaired) electrons. The van der Waals surface area contributed by atoms with Crippen molar-refractivity contribution in [2.75, 3.05) is 13.1 Å². The summed E-state index contributed by atoms with van der Waals surface area (Å²) in [5.74, 6) is 0.505. The van der Waals surface area contributed by atoms with Crippen LogP contribution in [0.4, 0.5) is 13.2 Å². The van der Waals surface area contributed by atoms with Crippen molar-refractivity contribution in [2.45, 2.75) is 25.6 Å². The number of amides is 1. The molecule has 7 nitrogen and oxygen atoms in total. The van der Waals surface area contributed by atoms with Gasteiger partial charge >= 0.3 is 12.1 Å². The van der Waals surface area contributed by atoms with Crippen molar-refractivity contribution in [3.63, 3.8) is 0 Å². The molecule has 10 heteroatoms. The van der Waals surface area contributed by atoms with Crippen LogP contribution in [0.5, 0.6) is 5.75 Å². The standard InChI is InChI=1S/C24H21F3N4O3/c25-24(26,27)34-20-9-7-17(8-10-20)16-1-3-18(4-2-16)21-28-29-23(33)31(21)14-15-11-12-30(13-15)22(32)19-5-6-19/h1-4,7-10,14,19H,5-6,11-13H2,(H,29,33)/b15-14+. The number of hydrogen-bond acceptors (Lipinski definition) is 4. The van der Waals surface area contributed by atoms with E-state index in [4.69, 9.17) is 0 Å². The van der Waals surface area contributed by atoms with Crippen LogP contribution in [0.2, 0.25) is 0 Å². The van der Waals surface area contributed by atoms with E-state index in [0.29, 0.717) is 36.5 Å². The van der Waals surface area contributed by atoms with Gasteiger partial charge in [-0.25, -0.2) is 14.5 Å². The lowest BCUT2D eigenvalue weighted by molar-refractivity contribution is -0.274. The molecular weight excluding hydrogens is 449 g/mol. The summed E-state index contributed by atoms with van der Waals surface area (Å²) < 4.78 is 42.4. The number of carbonyl (C=O) groups is 1. The Hall–Kier alpha value is -3.82. The van der Waals surface area contributed by atoms with Gasteiger partial charge in [-0.05, 0) is 48.1 Å². The van der Waals surface area contributed by atoms with Gasteiger partial charge in [0.15, 0.2) is 5.82 Å². The highest BCUT2D eigenvalue weighted by molar-refractivity contribution is 5.82. The van der Waals surface area contributed by atoms with E-state index in [9.17, 15) is 22.8 Å². The molecule has 5 rings (SSSR count). The maximum Gasteiger partial charge on any atom is 0.573 e. The number of halogens is 3. The zero-order valence-electron chi connectivity index (χ0n) is 18.0. The average molecular weight is 470 g/mol. The molecule has 0 unspecified atom stereocenters. The van der Waals surface area contributed by atoms with Gasteiger partial charge in [0.25, 0.3) is 0 Å². The molecular formula is C24H21F3N4O3. The van der Waals surface area contributed by atoms with Crippen LogP contribution in [0.1, 0.15) is 19.3 Å². The minimum Gasteiger partial charge on any atom is -0.406 e. The first-order chi connectivity index (χ1) is 16.3. The van der Waals surface area contributed by atoms with Crippen molar-refractivity contribution in [3.8, 4) is 28.3 Å². The normalized spacial score (nSPS) is 17.4. The maximum absolute atomic E-state index is 12.4. The lowest BCUT2D eigenvalue weighted by atomic mass is 10.0. The van der Waals surface area contributed by atoms with E-state index in [1.807, 2.05) is 4.90 Å². The number of aromatic nitrogens is 3. The molecule has 0 spiro atoms. The van der Waals surface area contributed by atoms with Crippen LogP contribution in [-0.2, 0) is 4.79 Å². The number of H-pyrrole nitrogens is 1. The molecule has 2 aliphatic rings. The van der Waals surface area contributed by atoms with Crippen LogP contribution in [0, 0.1) is 5.92 Å². The Kier molecular flexibility index (Phi) is 5.51. The van der Waals surface area contributed by atoms with Crippen molar-refractivity contribution in [1.82, 2.24) is 19.7 Å². The van der Waals surface area contributed by atoms with Crippen molar-refractivity contribution < 1.29 is 22.7 Å². The Morgan fingerprint density at radius 1 is 1.03 bits per heavy atom. The van der Waals surface area contributed by atoms with Gasteiger partial charge in [-0.3, -0.25) is 4.79 Å². The zero-order valence-corrected chi connectivity index (χ0v) is 18.0. The second-order valence-corrected chi connectivity index (χ2v) is 8.44. The molecule has 34 heavy (non-hydrogen) atoms. The Morgan fingerprint density at radius 2 is 1.65 bits per heavy atom. The molecule has 0 atom stereocenters. The van der Waals surface area contributed by atoms with Crippen LogP contribution in [0.25, 0.3) is 28.7 Å². The molecule has 1 saturated heterocycles. The molecule has 1 aromatic heterocycles. The van der Waals surface area contributed by atoms with Crippen LogP contribution >= 0.6 is 0 Å². The highest BCUT2D eigenvalue weighted by atomic mass is 19.4. The number of hydrogen-bond donors (Lipinski definition) is 1. The summed E-state index contributed by atoms with van der Waals surface area (Å²) in [5.41, 5.74) is 2.80. The molecule has 1 aliphatic carbocycles. The number of nitrogens with zero attached hydrogens (tertiary/aromatic N) is 3. The smallest absolute Gasteiger partial charge is 0.406 e. The van der Waals surface area contributed by atoms with E-state index in [2.05, 4.69) is 14.9 Å². The van der Waals surface area contributed by atoms with Gasteiger partial charge in [-0.15, -0.1) is 13.2 Å². The van der Waals surface area contributed by atoms with E-state index in [-0.39, 0.29) is 23.3 Å². The third-order valence-electron chi connectivity index (χ3n) is 5.92. The summed E-state index contributed by atoms with van der Waals surface area (Å²) in [6.07, 6.45) is -0.360. The van der Waals surface area contributed by atoms with Crippen molar-refractivity contribution in [2.24, 2.45) is 5.92 Å². The number of alkyl halides is 3. The first-order valence-corrected chi connectivity index (χ1v) is 10.9. The van der Waals surface area contributed by atoms with Crippen molar-refractivity contribution in [1.29, 1.82) is 0 Å². The first-order valence-electron chi connectivity index (χ1n) is 10.9. The number of nitrogens with one attached hydrogen (secondary N) is 1. The van der Waals surface area contributed by atoms with E-state index in [0.717, 1.165) is 24.0 Å². The number of ether oxygens (including phenoxy) is 1. The number of carbonyl (C=O) groups excluding carboxylic acids is 1. The predicted octanol–water partition coefficient (Wildman–Crippen LogP) is 4.29. The van der Waals surface area contributed by atoms with Crippen LogP contribution in [0.15, 0.2) is 58.9 Å². The van der Waals surface area contributed by atoms with Gasteiger partial charge in [0.2, 0.25) is 5.91 Å². The Balaban J connectivity index is 1.34. The van der Waals surface area contributed by atoms with Crippen LogP contribution in [0.3, 0.4) is 0 Å². The second kappa shape index (κ2) is 8.51. The number of rotatable bonds is 5. The lowest BCUT2D eigenvalue weighted by Gasteiger charge is -2.14. The summed E-state index contributed by atoms with van der Waals surface area (Å²) in [4.78, 5) is 26.5. The molecule has 2 heterocycles. The van der Waals surface area contributed by atoms with Crippen LogP contribution < -0.4 is 10.4 Å². The van der Waals surface area contributed by atoms with Crippen molar-refractivity contribution in [3.05, 3.63) is 64.6 Å². The summed E-state index contributed by atoms with van der Waals surface area (Å²) in [5, 5.41) is 6.62. The Labute approximate surface area is 192 Å². The summed E-state index contributed by atoms with van der Waals surface area (Å²) in [6.45, 7) is 1.17. The SMILES string of the molecule is O=C(C1CC1)N1CC/C(=C\n2c(-c3ccc(-c4ccc(OC(F)(F)F)cc4)cc3)n[nH]c2=O)C1. The Bertz CT molecular complexity index is 1290. The molecule has 2 aromatic carbocycles. The minimum absolute atomic E-state index is 0.165. The van der Waals surface area contributed by atoms with Crippen molar-refractivity contribution >= 4 is 12.1 Å². The van der Waals surface area contributed by atoms with Gasteiger partial charge in [-0.2, -0.15) is 5.10 Å². The number of aromatic amines is 1. The summed E-state index contributed by atoms with van der Waals surface area (Å²) in [6, 6.07) is 12.8. The lowest BCUT2D eigenvalue weighted by Crippen LogP contribution is -2.29. The van der Waals surface area contributed by atoms with Crippen LogP contribution in [-0.4, -0.2) is 45.0 Å². The molecule has 1 amide bonds. The zero-order chi connectivity index (χ0) is 23.9. The highest BCUT2D eigenvalue weighted by Crippen LogP contribution is 2.33. The van der Waals surface area contributed by atoms with E-state index in [1.54, 1.807) is 42.6 Å². The molecule has 1 saturated carbocycles. The molecule has 1 aliphatic heterocycles. The van der Waals surface area contributed by atoms with E-state index >= 15 is 0 Å². The van der Waals surface area contributed by atoms with Gasteiger partial charge < -0.3 is 9.64 Å². The number of benzene rings is 2. The fourth-order valence-electron chi connectivity index (χ4n) is 4.04. The molecule has 3 aromatic rings. The highest BCUT2D eigenvalue weighted by Gasteiger charge is 2.35. The average Bonchev–Trinajstić information content (AvgIpc) is 3.45. The largest absolute Gasteiger partial charge is 0.573 e. The first kappa shape index (κ1) is 22.0. The summed E-state index contributed by atoms with van der Waals surface area (Å²) >= 11 is 0. The van der Waals surface area contributed by atoms with Gasteiger partial charge in [0.05, 0.1) is 0 Å². The third kappa shape index (κ3) is 4.75. The number of likely N-dealkylation sites (tertiary alicyclic amines) is 1. The minimum atomic E-state index is -4.73.